The summed E-state index contributed by atoms with van der Waals surface area (Å²) in [7, 11) is 0. The second-order valence-electron chi connectivity index (χ2n) is 4.81. The summed E-state index contributed by atoms with van der Waals surface area (Å²) in [5.41, 5.74) is 0.443. The van der Waals surface area contributed by atoms with Gasteiger partial charge in [-0.25, -0.2) is 4.79 Å². The molecule has 2 rings (SSSR count). The van der Waals surface area contributed by atoms with Gasteiger partial charge in [0.1, 0.15) is 5.00 Å². The summed E-state index contributed by atoms with van der Waals surface area (Å²) in [5.74, 6) is -0.458. The number of carbonyl (C=O) groups excluding carboxylic acids is 2. The minimum atomic E-state index is -0.385. The Balaban J connectivity index is 2.08. The Hall–Kier alpha value is -1.40. The molecule has 5 nitrogen and oxygen atoms in total. The Kier molecular flexibility index (Phi) is 5.14. The van der Waals surface area contributed by atoms with Crippen LogP contribution in [-0.2, 0) is 9.53 Å². The van der Waals surface area contributed by atoms with E-state index in [2.05, 4.69) is 10.6 Å². The van der Waals surface area contributed by atoms with Crippen LogP contribution < -0.4 is 10.6 Å². The zero-order valence-corrected chi connectivity index (χ0v) is 12.6. The van der Waals surface area contributed by atoms with Gasteiger partial charge in [0.25, 0.3) is 0 Å². The third kappa shape index (κ3) is 3.58. The molecule has 0 bridgehead atoms. The third-order valence-electron chi connectivity index (χ3n) is 3.21. The molecule has 6 heteroatoms. The molecule has 1 amide bonds. The highest BCUT2D eigenvalue weighted by Gasteiger charge is 2.23. The number of aryl methyl sites for hydroxylation is 1. The van der Waals surface area contributed by atoms with Gasteiger partial charge in [-0.2, -0.15) is 0 Å². The van der Waals surface area contributed by atoms with E-state index < -0.39 is 0 Å². The topological polar surface area (TPSA) is 67.4 Å². The van der Waals surface area contributed by atoms with Crippen molar-refractivity contribution in [1.82, 2.24) is 5.32 Å². The number of thiophene rings is 1. The van der Waals surface area contributed by atoms with Gasteiger partial charge in [0, 0.05) is 4.88 Å². The number of hydrogen-bond acceptors (Lipinski definition) is 5. The van der Waals surface area contributed by atoms with Crippen molar-refractivity contribution >= 4 is 28.2 Å². The van der Waals surface area contributed by atoms with Gasteiger partial charge < -0.3 is 15.4 Å². The molecule has 1 aliphatic rings. The molecular weight excluding hydrogens is 276 g/mol. The molecule has 2 heterocycles. The molecule has 1 atom stereocenters. The summed E-state index contributed by atoms with van der Waals surface area (Å²) >= 11 is 1.40. The Morgan fingerprint density at radius 3 is 2.95 bits per heavy atom. The summed E-state index contributed by atoms with van der Waals surface area (Å²) in [6, 6.07) is 1.59. The first-order valence-corrected chi connectivity index (χ1v) is 7.75. The first-order valence-electron chi connectivity index (χ1n) is 6.93. The van der Waals surface area contributed by atoms with Crippen LogP contribution in [-0.4, -0.2) is 31.1 Å². The van der Waals surface area contributed by atoms with Gasteiger partial charge in [-0.05, 0) is 39.3 Å². The van der Waals surface area contributed by atoms with Crippen LogP contribution in [0.3, 0.4) is 0 Å². The molecule has 110 valence electrons. The van der Waals surface area contributed by atoms with Gasteiger partial charge in [-0.3, -0.25) is 4.79 Å². The molecule has 0 spiro atoms. The van der Waals surface area contributed by atoms with Gasteiger partial charge >= 0.3 is 5.97 Å². The van der Waals surface area contributed by atoms with Crippen LogP contribution in [0.25, 0.3) is 0 Å². The highest BCUT2D eigenvalue weighted by molar-refractivity contribution is 7.16. The highest BCUT2D eigenvalue weighted by Crippen LogP contribution is 2.28. The molecule has 20 heavy (non-hydrogen) atoms. The zero-order valence-electron chi connectivity index (χ0n) is 11.8. The molecule has 0 radical (unpaired) electrons. The maximum absolute atomic E-state index is 12.2. The van der Waals surface area contributed by atoms with Crippen molar-refractivity contribution in [1.29, 1.82) is 0 Å². The number of anilines is 1. The number of nitrogens with one attached hydrogen (secondary N) is 2. The Bertz CT molecular complexity index is 493. The smallest absolute Gasteiger partial charge is 0.341 e. The Morgan fingerprint density at radius 2 is 2.30 bits per heavy atom. The first-order chi connectivity index (χ1) is 9.61. The Labute approximate surface area is 122 Å². The predicted octanol–water partition coefficient (Wildman–Crippen LogP) is 2.31. The summed E-state index contributed by atoms with van der Waals surface area (Å²) < 4.78 is 5.01. The molecule has 0 saturated carbocycles. The molecule has 1 fully saturated rings. The van der Waals surface area contributed by atoms with Crippen LogP contribution in [0.2, 0.25) is 0 Å². The normalized spacial score (nSPS) is 18.6. The standard InChI is InChI=1S/C14H20N2O3S/c1-3-19-14(18)10-8-9(2)20-13(10)16-12(17)11-6-4-5-7-15-11/h8,11,15H,3-7H2,1-2H3,(H,16,17)/t11-/m0/s1. The van der Waals surface area contributed by atoms with E-state index in [1.54, 1.807) is 13.0 Å². The first kappa shape index (κ1) is 15.0. The average Bonchev–Trinajstić information content (AvgIpc) is 2.81. The molecule has 1 aromatic rings. The van der Waals surface area contributed by atoms with Crippen LogP contribution in [0.15, 0.2) is 6.07 Å². The number of piperidine rings is 1. The van der Waals surface area contributed by atoms with Crippen LogP contribution in [0.1, 0.15) is 41.4 Å². The van der Waals surface area contributed by atoms with E-state index in [9.17, 15) is 9.59 Å². The van der Waals surface area contributed by atoms with Crippen molar-refractivity contribution < 1.29 is 14.3 Å². The summed E-state index contributed by atoms with van der Waals surface area (Å²) in [5, 5.41) is 6.63. The van der Waals surface area contributed by atoms with Gasteiger partial charge in [0.15, 0.2) is 0 Å². The maximum Gasteiger partial charge on any atom is 0.341 e. The van der Waals surface area contributed by atoms with Crippen molar-refractivity contribution in [3.8, 4) is 0 Å². The van der Waals surface area contributed by atoms with E-state index in [0.717, 1.165) is 30.7 Å². The summed E-state index contributed by atoms with van der Waals surface area (Å²) in [4.78, 5) is 25.0. The van der Waals surface area contributed by atoms with Crippen LogP contribution >= 0.6 is 11.3 Å². The van der Waals surface area contributed by atoms with Gasteiger partial charge in [0.05, 0.1) is 18.2 Å². The number of ether oxygens (including phenoxy) is 1. The van der Waals surface area contributed by atoms with E-state index in [0.29, 0.717) is 17.2 Å². The molecule has 0 aliphatic carbocycles. The number of amides is 1. The lowest BCUT2D eigenvalue weighted by molar-refractivity contribution is -0.118. The van der Waals surface area contributed by atoms with Crippen LogP contribution in [0.4, 0.5) is 5.00 Å². The summed E-state index contributed by atoms with van der Waals surface area (Å²) in [6.07, 6.45) is 3.00. The molecule has 0 unspecified atom stereocenters. The predicted molar refractivity (Wildman–Crippen MR) is 79.3 cm³/mol. The van der Waals surface area contributed by atoms with Gasteiger partial charge in [-0.15, -0.1) is 11.3 Å². The lowest BCUT2D eigenvalue weighted by Gasteiger charge is -2.22. The second-order valence-corrected chi connectivity index (χ2v) is 6.07. The van der Waals surface area contributed by atoms with E-state index in [-0.39, 0.29) is 17.9 Å². The van der Waals surface area contributed by atoms with Crippen molar-refractivity contribution in [2.75, 3.05) is 18.5 Å². The SMILES string of the molecule is CCOC(=O)c1cc(C)sc1NC(=O)[C@@H]1CCCCN1. The summed E-state index contributed by atoms with van der Waals surface area (Å²) in [6.45, 7) is 4.86. The average molecular weight is 296 g/mol. The quantitative estimate of drug-likeness (QED) is 0.837. The Morgan fingerprint density at radius 1 is 1.50 bits per heavy atom. The lowest BCUT2D eigenvalue weighted by Crippen LogP contribution is -2.43. The highest BCUT2D eigenvalue weighted by atomic mass is 32.1. The van der Waals surface area contributed by atoms with E-state index >= 15 is 0 Å². The van der Waals surface area contributed by atoms with E-state index in [4.69, 9.17) is 4.74 Å². The van der Waals surface area contributed by atoms with E-state index in [1.807, 2.05) is 6.92 Å². The monoisotopic (exact) mass is 296 g/mol. The largest absolute Gasteiger partial charge is 0.462 e. The molecule has 1 saturated heterocycles. The fraction of sp³-hybridized carbons (Fsp3) is 0.571. The number of esters is 1. The maximum atomic E-state index is 12.2. The zero-order chi connectivity index (χ0) is 14.5. The van der Waals surface area contributed by atoms with Crippen molar-refractivity contribution in [2.24, 2.45) is 0 Å². The molecule has 1 aromatic heterocycles. The van der Waals surface area contributed by atoms with Crippen molar-refractivity contribution in [2.45, 2.75) is 39.2 Å². The minimum absolute atomic E-state index is 0.0721. The second kappa shape index (κ2) is 6.85. The van der Waals surface area contributed by atoms with Gasteiger partial charge in [-0.1, -0.05) is 6.42 Å². The molecule has 2 N–H and O–H groups in total. The third-order valence-corrected chi connectivity index (χ3v) is 4.18. The lowest BCUT2D eigenvalue weighted by atomic mass is 10.0. The number of carbonyl (C=O) groups is 2. The van der Waals surface area contributed by atoms with Crippen LogP contribution in [0.5, 0.6) is 0 Å². The van der Waals surface area contributed by atoms with Gasteiger partial charge in [0.2, 0.25) is 5.91 Å². The number of hydrogen-bond donors (Lipinski definition) is 2. The van der Waals surface area contributed by atoms with Crippen molar-refractivity contribution in [3.63, 3.8) is 0 Å². The fourth-order valence-electron chi connectivity index (χ4n) is 2.24. The van der Waals surface area contributed by atoms with E-state index in [1.165, 1.54) is 11.3 Å². The van der Waals surface area contributed by atoms with Crippen molar-refractivity contribution in [3.05, 3.63) is 16.5 Å². The fourth-order valence-corrected chi connectivity index (χ4v) is 3.14. The van der Waals surface area contributed by atoms with Crippen LogP contribution in [0, 0.1) is 6.92 Å². The molecule has 1 aliphatic heterocycles. The molecule has 0 aromatic carbocycles. The number of rotatable bonds is 4. The minimum Gasteiger partial charge on any atom is -0.462 e. The molecular formula is C14H20N2O3S.